The largest absolute Gasteiger partial charge is 0.494 e. The molecule has 0 aliphatic rings. The quantitative estimate of drug-likeness (QED) is 0.0328. The summed E-state index contributed by atoms with van der Waals surface area (Å²) in [6, 6.07) is 3.85. The number of rotatable bonds is 47. The van der Waals surface area contributed by atoms with Crippen molar-refractivity contribution in [3.63, 3.8) is 0 Å². The minimum atomic E-state index is -1.20. The standard InChI is InChI=1S/C48H80BN7O15/c49-45(61)38(50)14-9-12-24-55-46(62)39(51)15-10-11-23-52-43(59)34-69-32-31-68-29-26-54-44(60)35-70-33-30-67-28-25-53-41(57)22-21-40(48(65)66)56-42(58)16-8-6-4-2-1-3-5-7-13-27-71-37-19-17-36(18-20-37)47(63)64/h17-20,38-40H,1-16,21-35,50-51H2,(H,52,59)(H,53,57)(H,54,60)(H,55,62)(H,56,58)(H,63,64)(H,65,66)/t38-,39-,40-/m0/s1. The molecule has 0 aromatic heterocycles. The van der Waals surface area contributed by atoms with E-state index in [1.54, 1.807) is 12.1 Å². The second-order valence-electron chi connectivity index (χ2n) is 16.9. The van der Waals surface area contributed by atoms with E-state index in [4.69, 9.17) is 48.1 Å². The fraction of sp³-hybridized carbons (Fsp3) is 0.708. The lowest BCUT2D eigenvalue weighted by Gasteiger charge is -2.14. The molecule has 11 N–H and O–H groups in total. The van der Waals surface area contributed by atoms with E-state index in [9.17, 15) is 43.5 Å². The summed E-state index contributed by atoms with van der Waals surface area (Å²) in [4.78, 5) is 94.2. The number of hydrogen-bond acceptors (Lipinski definition) is 15. The van der Waals surface area contributed by atoms with E-state index >= 15 is 0 Å². The van der Waals surface area contributed by atoms with Gasteiger partial charge < -0.3 is 76.7 Å². The molecule has 71 heavy (non-hydrogen) atoms. The Balaban J connectivity index is 1.91. The summed E-state index contributed by atoms with van der Waals surface area (Å²) in [5.74, 6) is -3.12. The molecule has 400 valence electrons. The second kappa shape index (κ2) is 42.5. The molecule has 5 amide bonds. The smallest absolute Gasteiger partial charge is 0.335 e. The number of benzene rings is 1. The van der Waals surface area contributed by atoms with E-state index in [-0.39, 0.29) is 120 Å². The minimum Gasteiger partial charge on any atom is -0.494 e. The molecular formula is C48H80BN7O15. The number of carboxylic acids is 2. The van der Waals surface area contributed by atoms with Crippen LogP contribution in [0.5, 0.6) is 5.75 Å². The number of amides is 5. The second-order valence-corrected chi connectivity index (χ2v) is 16.9. The van der Waals surface area contributed by atoms with Gasteiger partial charge >= 0.3 is 11.9 Å². The molecule has 0 fully saturated rings. The molecule has 0 aliphatic carbocycles. The van der Waals surface area contributed by atoms with Crippen molar-refractivity contribution in [3.8, 4) is 5.75 Å². The van der Waals surface area contributed by atoms with E-state index in [0.717, 1.165) is 51.4 Å². The van der Waals surface area contributed by atoms with Crippen LogP contribution in [0.1, 0.15) is 126 Å². The SMILES string of the molecule is [B]C(=O)[C@@H](N)CCCCNC(=O)[C@@H](N)CCCCNC(=O)COCCOCCNC(=O)COCCOCCNC(=O)CC[C@H](NC(=O)CCCCCCCCCCCOc1ccc(C(=O)O)cc1)C(=O)O. The summed E-state index contributed by atoms with van der Waals surface area (Å²) in [6.07, 6.45) is 12.4. The molecular weight excluding hydrogens is 925 g/mol. The fourth-order valence-electron chi connectivity index (χ4n) is 6.62. The third-order valence-electron chi connectivity index (χ3n) is 10.8. The Morgan fingerprint density at radius 2 is 0.986 bits per heavy atom. The van der Waals surface area contributed by atoms with Crippen LogP contribution in [0, 0.1) is 0 Å². The first-order valence-electron chi connectivity index (χ1n) is 24.9. The highest BCUT2D eigenvalue weighted by Crippen LogP contribution is 2.15. The summed E-state index contributed by atoms with van der Waals surface area (Å²) in [6.45, 7) is 2.69. The Bertz CT molecular complexity index is 1680. The first kappa shape index (κ1) is 63.8. The number of aliphatic carboxylic acids is 1. The van der Waals surface area contributed by atoms with Gasteiger partial charge in [0.05, 0.1) is 69.6 Å². The zero-order valence-electron chi connectivity index (χ0n) is 41.4. The Labute approximate surface area is 419 Å². The van der Waals surface area contributed by atoms with Crippen LogP contribution in [-0.2, 0) is 52.5 Å². The summed E-state index contributed by atoms with van der Waals surface area (Å²) in [5, 5.41) is 31.8. The van der Waals surface area contributed by atoms with Gasteiger partial charge in [-0.25, -0.2) is 9.59 Å². The van der Waals surface area contributed by atoms with Crippen LogP contribution in [0.3, 0.4) is 0 Å². The normalized spacial score (nSPS) is 12.3. The zero-order valence-corrected chi connectivity index (χ0v) is 41.4. The van der Waals surface area contributed by atoms with Crippen LogP contribution in [-0.4, -0.2) is 169 Å². The molecule has 1 aromatic rings. The molecule has 23 heteroatoms. The van der Waals surface area contributed by atoms with Crippen molar-refractivity contribution in [3.05, 3.63) is 29.8 Å². The lowest BCUT2D eigenvalue weighted by Crippen LogP contribution is -2.41. The van der Waals surface area contributed by atoms with Gasteiger partial charge in [0, 0.05) is 39.0 Å². The van der Waals surface area contributed by atoms with Crippen LogP contribution in [0.2, 0.25) is 0 Å². The number of carboxylic acid groups (broad SMARTS) is 2. The monoisotopic (exact) mass is 1010 g/mol. The van der Waals surface area contributed by atoms with Gasteiger partial charge in [-0.2, -0.15) is 0 Å². The molecule has 3 atom stereocenters. The lowest BCUT2D eigenvalue weighted by atomic mass is 9.92. The third-order valence-corrected chi connectivity index (χ3v) is 10.8. The minimum absolute atomic E-state index is 0.0506. The average Bonchev–Trinajstić information content (AvgIpc) is 3.34. The van der Waals surface area contributed by atoms with Crippen LogP contribution in [0.15, 0.2) is 24.3 Å². The van der Waals surface area contributed by atoms with Gasteiger partial charge in [0.1, 0.15) is 25.0 Å². The third kappa shape index (κ3) is 37.3. The van der Waals surface area contributed by atoms with Crippen LogP contribution >= 0.6 is 0 Å². The van der Waals surface area contributed by atoms with Gasteiger partial charge in [0.25, 0.3) is 0 Å². The number of nitrogens with one attached hydrogen (secondary N) is 5. The average molecular weight is 1010 g/mol. The predicted molar refractivity (Wildman–Crippen MR) is 264 cm³/mol. The van der Waals surface area contributed by atoms with E-state index < -0.39 is 35.7 Å². The van der Waals surface area contributed by atoms with E-state index in [1.807, 2.05) is 0 Å². The number of aromatic carboxylic acids is 1. The molecule has 22 nitrogen and oxygen atoms in total. The van der Waals surface area contributed by atoms with E-state index in [2.05, 4.69) is 26.6 Å². The van der Waals surface area contributed by atoms with Crippen molar-refractivity contribution in [2.24, 2.45) is 11.5 Å². The van der Waals surface area contributed by atoms with Crippen molar-refractivity contribution in [1.29, 1.82) is 0 Å². The van der Waals surface area contributed by atoms with Gasteiger partial charge in [0.2, 0.25) is 29.5 Å². The van der Waals surface area contributed by atoms with E-state index in [0.29, 0.717) is 70.4 Å². The summed E-state index contributed by atoms with van der Waals surface area (Å²) < 4.78 is 27.0. The Morgan fingerprint density at radius 1 is 0.493 bits per heavy atom. The fourth-order valence-corrected chi connectivity index (χ4v) is 6.62. The van der Waals surface area contributed by atoms with Crippen molar-refractivity contribution in [1.82, 2.24) is 26.6 Å². The summed E-state index contributed by atoms with van der Waals surface area (Å²) >= 11 is 0. The number of unbranched alkanes of at least 4 members (excludes halogenated alkanes) is 10. The van der Waals surface area contributed by atoms with Crippen LogP contribution in [0.4, 0.5) is 0 Å². The van der Waals surface area contributed by atoms with Gasteiger partial charge in [-0.15, -0.1) is 0 Å². The highest BCUT2D eigenvalue weighted by molar-refractivity contribution is 6.59. The molecule has 0 saturated heterocycles. The molecule has 0 heterocycles. The number of carbonyl (C=O) groups excluding carboxylic acids is 6. The zero-order chi connectivity index (χ0) is 52.3. The number of hydrogen-bond donors (Lipinski definition) is 9. The van der Waals surface area contributed by atoms with Crippen LogP contribution < -0.4 is 42.8 Å². The number of ether oxygens (including phenoxy) is 5. The van der Waals surface area contributed by atoms with Gasteiger partial charge in [-0.3, -0.25) is 24.0 Å². The molecule has 1 rings (SSSR count). The predicted octanol–water partition coefficient (Wildman–Crippen LogP) is 1.24. The molecule has 0 aliphatic heterocycles. The maximum atomic E-state index is 12.4. The van der Waals surface area contributed by atoms with Crippen molar-refractivity contribution in [2.75, 3.05) is 85.6 Å². The Hall–Kier alpha value is -5.20. The maximum absolute atomic E-state index is 12.4. The topological polar surface area (TPSA) is 335 Å². The van der Waals surface area contributed by atoms with Gasteiger partial charge in [0.15, 0.2) is 7.85 Å². The molecule has 2 radical (unpaired) electrons. The lowest BCUT2D eigenvalue weighted by molar-refractivity contribution is -0.142. The highest BCUT2D eigenvalue weighted by Gasteiger charge is 2.21. The number of carbonyl (C=O) groups is 8. The first-order chi connectivity index (χ1) is 34.2. The van der Waals surface area contributed by atoms with Gasteiger partial charge in [-0.05, 0) is 82.1 Å². The molecule has 0 bridgehead atoms. The van der Waals surface area contributed by atoms with E-state index in [1.165, 1.54) is 12.1 Å². The summed E-state index contributed by atoms with van der Waals surface area (Å²) in [5.41, 5.74) is 11.2. The molecule has 0 spiro atoms. The Morgan fingerprint density at radius 3 is 1.54 bits per heavy atom. The van der Waals surface area contributed by atoms with Crippen molar-refractivity contribution in [2.45, 2.75) is 134 Å². The maximum Gasteiger partial charge on any atom is 0.335 e. The van der Waals surface area contributed by atoms with Crippen molar-refractivity contribution < 1.29 is 72.3 Å². The molecule has 0 saturated carbocycles. The molecule has 1 aromatic carbocycles. The summed E-state index contributed by atoms with van der Waals surface area (Å²) in [7, 11) is 5.12. The van der Waals surface area contributed by atoms with Crippen molar-refractivity contribution >= 4 is 55.0 Å². The Kier molecular flexibility index (Phi) is 38.2. The highest BCUT2D eigenvalue weighted by atomic mass is 16.5. The number of nitrogens with two attached hydrogens (primary N) is 2. The first-order valence-corrected chi connectivity index (χ1v) is 24.9. The van der Waals surface area contributed by atoms with Gasteiger partial charge in [-0.1, -0.05) is 44.9 Å². The van der Waals surface area contributed by atoms with Crippen LogP contribution in [0.25, 0.3) is 0 Å². The molecule has 0 unspecified atom stereocenters.